The molecule has 0 saturated heterocycles. The summed E-state index contributed by atoms with van der Waals surface area (Å²) < 4.78 is 2.81. The van der Waals surface area contributed by atoms with E-state index in [1.165, 1.54) is 37.6 Å². The zero-order valence-electron chi connectivity index (χ0n) is 12.6. The third kappa shape index (κ3) is 3.09. The van der Waals surface area contributed by atoms with Crippen LogP contribution in [-0.2, 0) is 13.0 Å². The molecular formula is C17H23ClN2S. The molecule has 1 aliphatic rings. The summed E-state index contributed by atoms with van der Waals surface area (Å²) in [5.41, 5.74) is 2.36. The van der Waals surface area contributed by atoms with Crippen molar-refractivity contribution in [1.29, 1.82) is 0 Å². The summed E-state index contributed by atoms with van der Waals surface area (Å²) in [6.07, 6.45) is 9.87. The number of halogens is 1. The smallest absolute Gasteiger partial charge is 0.111 e. The number of hydrogen-bond donors (Lipinski definition) is 0. The Morgan fingerprint density at radius 2 is 2.00 bits per heavy atom. The van der Waals surface area contributed by atoms with Gasteiger partial charge in [-0.05, 0) is 31.2 Å². The number of benzene rings is 1. The highest BCUT2D eigenvalue weighted by Crippen LogP contribution is 2.40. The van der Waals surface area contributed by atoms with Gasteiger partial charge < -0.3 is 4.57 Å². The number of aromatic nitrogens is 2. The molecule has 1 aromatic heterocycles. The number of nitrogens with zero attached hydrogens (tertiary/aromatic N) is 2. The van der Waals surface area contributed by atoms with Crippen molar-refractivity contribution in [2.75, 3.05) is 12.1 Å². The Kier molecular flexibility index (Phi) is 4.80. The van der Waals surface area contributed by atoms with E-state index < -0.39 is 0 Å². The highest BCUT2D eigenvalue weighted by atomic mass is 35.5. The largest absolute Gasteiger partial charge is 0.327 e. The Balaban J connectivity index is 1.99. The molecule has 0 bridgehead atoms. The molecule has 3 rings (SSSR count). The number of alkyl halides is 1. The summed E-state index contributed by atoms with van der Waals surface area (Å²) >= 11 is 8.03. The average molecular weight is 323 g/mol. The summed E-state index contributed by atoms with van der Waals surface area (Å²) in [5.74, 6) is 1.78. The first-order chi connectivity index (χ1) is 10.3. The first-order valence-electron chi connectivity index (χ1n) is 7.83. The monoisotopic (exact) mass is 322 g/mol. The molecule has 2 nitrogen and oxygen atoms in total. The predicted octanol–water partition coefficient (Wildman–Crippen LogP) is 4.88. The third-order valence-electron chi connectivity index (χ3n) is 4.70. The van der Waals surface area contributed by atoms with E-state index in [1.54, 1.807) is 0 Å². The molecule has 0 N–H and O–H groups in total. The molecule has 4 heteroatoms. The maximum atomic E-state index is 5.99. The fourth-order valence-electron chi connectivity index (χ4n) is 3.49. The highest BCUT2D eigenvalue weighted by molar-refractivity contribution is 8.00. The summed E-state index contributed by atoms with van der Waals surface area (Å²) in [5, 5.41) is 0. The van der Waals surface area contributed by atoms with Gasteiger partial charge in [0.2, 0.25) is 0 Å². The van der Waals surface area contributed by atoms with Crippen LogP contribution in [0.25, 0.3) is 11.0 Å². The van der Waals surface area contributed by atoms with Crippen molar-refractivity contribution in [3.05, 3.63) is 30.1 Å². The number of fused-ring (bicyclic) bond motifs is 1. The first kappa shape index (κ1) is 15.2. The molecule has 0 atom stereocenters. The van der Waals surface area contributed by atoms with E-state index in [9.17, 15) is 0 Å². The number of imidazole rings is 1. The van der Waals surface area contributed by atoms with Gasteiger partial charge in [0, 0.05) is 23.6 Å². The van der Waals surface area contributed by atoms with Gasteiger partial charge in [-0.2, -0.15) is 11.8 Å². The Morgan fingerprint density at radius 3 is 2.71 bits per heavy atom. The fraction of sp³-hybridized carbons (Fsp3) is 0.588. The zero-order valence-corrected chi connectivity index (χ0v) is 14.2. The molecule has 0 amide bonds. The number of hydrogen-bond acceptors (Lipinski definition) is 2. The lowest BCUT2D eigenvalue weighted by molar-refractivity contribution is 0.358. The molecule has 0 aliphatic heterocycles. The van der Waals surface area contributed by atoms with Crippen LogP contribution in [-0.4, -0.2) is 26.4 Å². The van der Waals surface area contributed by atoms with Crippen LogP contribution in [0.3, 0.4) is 0 Å². The fourth-order valence-corrected chi connectivity index (χ4v) is 4.61. The second-order valence-corrected chi connectivity index (χ2v) is 7.64. The minimum Gasteiger partial charge on any atom is -0.327 e. The lowest BCUT2D eigenvalue weighted by Crippen LogP contribution is -2.33. The second kappa shape index (κ2) is 6.62. The van der Waals surface area contributed by atoms with Crippen molar-refractivity contribution in [3.63, 3.8) is 0 Å². The number of rotatable bonds is 5. The maximum Gasteiger partial charge on any atom is 0.111 e. The van der Waals surface area contributed by atoms with Crippen LogP contribution in [0.5, 0.6) is 0 Å². The molecule has 0 unspecified atom stereocenters. The third-order valence-corrected chi connectivity index (χ3v) is 6.29. The molecule has 1 aliphatic carbocycles. The van der Waals surface area contributed by atoms with Gasteiger partial charge in [0.15, 0.2) is 0 Å². The molecule has 0 radical (unpaired) electrons. The van der Waals surface area contributed by atoms with Crippen molar-refractivity contribution in [2.24, 2.45) is 0 Å². The number of thioether (sulfide) groups is 1. The van der Waals surface area contributed by atoms with E-state index in [0.29, 0.717) is 10.6 Å². The van der Waals surface area contributed by atoms with Gasteiger partial charge >= 0.3 is 0 Å². The van der Waals surface area contributed by atoms with Crippen LogP contribution in [0.4, 0.5) is 0 Å². The van der Waals surface area contributed by atoms with Gasteiger partial charge in [0.1, 0.15) is 5.82 Å². The van der Waals surface area contributed by atoms with Crippen LogP contribution in [0.15, 0.2) is 24.3 Å². The van der Waals surface area contributed by atoms with Gasteiger partial charge in [0.25, 0.3) is 0 Å². The van der Waals surface area contributed by atoms with Crippen molar-refractivity contribution >= 4 is 34.4 Å². The SMILES string of the molecule is CSC1(Cn2c(CCCl)nc3ccccc32)CCCCC1. The van der Waals surface area contributed by atoms with Gasteiger partial charge in [-0.15, -0.1) is 11.6 Å². The van der Waals surface area contributed by atoms with Crippen molar-refractivity contribution in [1.82, 2.24) is 9.55 Å². The van der Waals surface area contributed by atoms with E-state index >= 15 is 0 Å². The molecule has 21 heavy (non-hydrogen) atoms. The zero-order chi connectivity index (χ0) is 14.7. The van der Waals surface area contributed by atoms with E-state index in [2.05, 4.69) is 35.1 Å². The van der Waals surface area contributed by atoms with Gasteiger partial charge in [-0.25, -0.2) is 4.98 Å². The normalized spacial score (nSPS) is 18.2. The van der Waals surface area contributed by atoms with E-state index in [4.69, 9.17) is 16.6 Å². The standard InChI is InChI=1S/C17H23ClN2S/c1-21-17(10-5-2-6-11-17)13-20-15-8-4-3-7-14(15)19-16(20)9-12-18/h3-4,7-8H,2,5-6,9-13H2,1H3. The molecule has 1 fully saturated rings. The van der Waals surface area contributed by atoms with Crippen molar-refractivity contribution in [3.8, 4) is 0 Å². The summed E-state index contributed by atoms with van der Waals surface area (Å²) in [6, 6.07) is 8.47. The van der Waals surface area contributed by atoms with Gasteiger partial charge in [-0.3, -0.25) is 0 Å². The van der Waals surface area contributed by atoms with Crippen LogP contribution in [0.2, 0.25) is 0 Å². The van der Waals surface area contributed by atoms with Crippen LogP contribution >= 0.6 is 23.4 Å². The Morgan fingerprint density at radius 1 is 1.24 bits per heavy atom. The Labute approximate surface area is 136 Å². The quantitative estimate of drug-likeness (QED) is 0.730. The molecule has 2 aromatic rings. The molecule has 0 spiro atoms. The molecule has 1 heterocycles. The van der Waals surface area contributed by atoms with E-state index in [-0.39, 0.29) is 0 Å². The maximum absolute atomic E-state index is 5.99. The Bertz CT molecular complexity index is 602. The summed E-state index contributed by atoms with van der Waals surface area (Å²) in [7, 11) is 0. The van der Waals surface area contributed by atoms with Gasteiger partial charge in [0.05, 0.1) is 11.0 Å². The van der Waals surface area contributed by atoms with Crippen LogP contribution < -0.4 is 0 Å². The topological polar surface area (TPSA) is 17.8 Å². The molecule has 1 saturated carbocycles. The van der Waals surface area contributed by atoms with Gasteiger partial charge in [-0.1, -0.05) is 31.4 Å². The van der Waals surface area contributed by atoms with E-state index in [0.717, 1.165) is 24.3 Å². The average Bonchev–Trinajstić information content (AvgIpc) is 2.86. The lowest BCUT2D eigenvalue weighted by Gasteiger charge is -2.36. The summed E-state index contributed by atoms with van der Waals surface area (Å²) in [4.78, 5) is 4.80. The first-order valence-corrected chi connectivity index (χ1v) is 9.59. The van der Waals surface area contributed by atoms with Crippen LogP contribution in [0.1, 0.15) is 37.9 Å². The summed E-state index contributed by atoms with van der Waals surface area (Å²) in [6.45, 7) is 1.07. The number of para-hydroxylation sites is 2. The van der Waals surface area contributed by atoms with E-state index in [1.807, 2.05) is 11.8 Å². The minimum absolute atomic E-state index is 0.378. The number of aryl methyl sites for hydroxylation is 1. The van der Waals surface area contributed by atoms with Crippen molar-refractivity contribution < 1.29 is 0 Å². The highest BCUT2D eigenvalue weighted by Gasteiger charge is 2.32. The second-order valence-electron chi connectivity index (χ2n) is 5.99. The Hall–Kier alpha value is -0.670. The minimum atomic E-state index is 0.378. The predicted molar refractivity (Wildman–Crippen MR) is 93.5 cm³/mol. The molecule has 114 valence electrons. The molecule has 1 aromatic carbocycles. The van der Waals surface area contributed by atoms with Crippen LogP contribution in [0, 0.1) is 0 Å². The molecular weight excluding hydrogens is 300 g/mol. The van der Waals surface area contributed by atoms with Crippen molar-refractivity contribution in [2.45, 2.75) is 49.8 Å². The lowest BCUT2D eigenvalue weighted by atomic mass is 9.88.